The Balaban J connectivity index is 1.99. The number of anilines is 2. The number of nitrogens with two attached hydrogens (primary N) is 1. The highest BCUT2D eigenvalue weighted by Gasteiger charge is 2.18. The van der Waals surface area contributed by atoms with E-state index in [1.807, 2.05) is 30.5 Å². The molecule has 2 heterocycles. The molecule has 0 aliphatic heterocycles. The lowest BCUT2D eigenvalue weighted by atomic mass is 10.2. The minimum absolute atomic E-state index is 0.218. The van der Waals surface area contributed by atoms with Crippen LogP contribution >= 0.6 is 38.6 Å². The molecule has 3 N–H and O–H groups in total. The molecule has 0 radical (unpaired) electrons. The second-order valence-electron chi connectivity index (χ2n) is 4.21. The van der Waals surface area contributed by atoms with Crippen molar-refractivity contribution in [1.29, 1.82) is 0 Å². The highest BCUT2D eigenvalue weighted by atomic mass is 79.9. The second kappa shape index (κ2) is 5.16. The van der Waals surface area contributed by atoms with E-state index in [0.29, 0.717) is 15.7 Å². The van der Waals surface area contributed by atoms with Gasteiger partial charge in [-0.05, 0) is 19.1 Å². The van der Waals surface area contributed by atoms with Crippen LogP contribution in [0, 0.1) is 6.92 Å². The zero-order chi connectivity index (χ0) is 14.3. The first-order chi connectivity index (χ1) is 9.56. The van der Waals surface area contributed by atoms with Crippen molar-refractivity contribution in [1.82, 2.24) is 4.98 Å². The molecule has 0 unspecified atom stereocenters. The van der Waals surface area contributed by atoms with Crippen LogP contribution in [-0.2, 0) is 0 Å². The van der Waals surface area contributed by atoms with E-state index in [1.54, 1.807) is 0 Å². The van der Waals surface area contributed by atoms with E-state index in [1.165, 1.54) is 22.7 Å². The van der Waals surface area contributed by atoms with Crippen LogP contribution in [0.4, 0.5) is 10.8 Å². The van der Waals surface area contributed by atoms with Crippen molar-refractivity contribution in [2.45, 2.75) is 6.92 Å². The van der Waals surface area contributed by atoms with Crippen LogP contribution in [0.5, 0.6) is 0 Å². The maximum atomic E-state index is 12.3. The molecule has 3 rings (SSSR count). The molecule has 0 saturated heterocycles. The third-order valence-corrected chi connectivity index (χ3v) is 5.45. The monoisotopic (exact) mass is 367 g/mol. The molecule has 0 saturated carbocycles. The molecule has 102 valence electrons. The Kier molecular flexibility index (Phi) is 3.49. The van der Waals surface area contributed by atoms with E-state index in [0.717, 1.165) is 20.3 Å². The highest BCUT2D eigenvalue weighted by Crippen LogP contribution is 2.38. The number of halogens is 1. The van der Waals surface area contributed by atoms with Crippen LogP contribution in [-0.4, -0.2) is 10.9 Å². The molecule has 1 amide bonds. The quantitative estimate of drug-likeness (QED) is 0.710. The van der Waals surface area contributed by atoms with Gasteiger partial charge in [0.25, 0.3) is 5.91 Å². The minimum Gasteiger partial charge on any atom is -0.397 e. The Hall–Kier alpha value is -1.44. The van der Waals surface area contributed by atoms with Gasteiger partial charge < -0.3 is 5.73 Å². The number of nitrogen functional groups attached to an aromatic ring is 1. The van der Waals surface area contributed by atoms with Gasteiger partial charge in [-0.2, -0.15) is 0 Å². The zero-order valence-electron chi connectivity index (χ0n) is 10.4. The summed E-state index contributed by atoms with van der Waals surface area (Å²) in [5, 5.41) is 6.15. The van der Waals surface area contributed by atoms with E-state index in [-0.39, 0.29) is 5.91 Å². The molecule has 0 fully saturated rings. The second-order valence-corrected chi connectivity index (χ2v) is 6.97. The van der Waals surface area contributed by atoms with Crippen molar-refractivity contribution in [3.8, 4) is 0 Å². The van der Waals surface area contributed by atoms with E-state index < -0.39 is 0 Å². The van der Waals surface area contributed by atoms with Gasteiger partial charge in [-0.15, -0.1) is 22.7 Å². The summed E-state index contributed by atoms with van der Waals surface area (Å²) in [6.45, 7) is 1.89. The fraction of sp³-hybridized carbons (Fsp3) is 0.0769. The van der Waals surface area contributed by atoms with Gasteiger partial charge in [0.05, 0.1) is 11.4 Å². The smallest absolute Gasteiger partial charge is 0.269 e. The molecule has 0 aliphatic carbocycles. The fourth-order valence-corrected chi connectivity index (χ4v) is 4.30. The number of hydrogen-bond donors (Lipinski definition) is 2. The number of thiazole rings is 1. The number of carbonyl (C=O) groups excluding carboxylic acids is 1. The SMILES string of the molecule is Cc1csc(NC(=O)c2sc3cccc(Br)c3c2N)n1. The molecule has 7 heteroatoms. The molecule has 1 aromatic carbocycles. The summed E-state index contributed by atoms with van der Waals surface area (Å²) in [4.78, 5) is 17.0. The summed E-state index contributed by atoms with van der Waals surface area (Å²) in [5.74, 6) is -0.218. The Labute approximate surface area is 131 Å². The van der Waals surface area contributed by atoms with Gasteiger partial charge in [0, 0.05) is 19.9 Å². The molecule has 0 atom stereocenters. The number of hydrogen-bond acceptors (Lipinski definition) is 5. The van der Waals surface area contributed by atoms with Crippen LogP contribution in [0.2, 0.25) is 0 Å². The minimum atomic E-state index is -0.218. The number of amides is 1. The number of rotatable bonds is 2. The Bertz CT molecular complexity index is 809. The van der Waals surface area contributed by atoms with E-state index in [2.05, 4.69) is 26.2 Å². The fourth-order valence-electron chi connectivity index (χ4n) is 1.86. The first-order valence-electron chi connectivity index (χ1n) is 5.76. The Morgan fingerprint density at radius 2 is 2.25 bits per heavy atom. The lowest BCUT2D eigenvalue weighted by Crippen LogP contribution is -2.11. The lowest BCUT2D eigenvalue weighted by Gasteiger charge is -2.00. The first kappa shape index (κ1) is 13.5. The number of fused-ring (bicyclic) bond motifs is 1. The normalized spacial score (nSPS) is 10.9. The summed E-state index contributed by atoms with van der Waals surface area (Å²) < 4.78 is 1.88. The molecular weight excluding hydrogens is 358 g/mol. The third-order valence-electron chi connectivity index (χ3n) is 2.75. The zero-order valence-corrected chi connectivity index (χ0v) is 13.7. The van der Waals surface area contributed by atoms with Crippen LogP contribution in [0.25, 0.3) is 10.1 Å². The molecule has 3 aromatic rings. The van der Waals surface area contributed by atoms with Crippen molar-refractivity contribution in [3.63, 3.8) is 0 Å². The summed E-state index contributed by atoms with van der Waals surface area (Å²) in [6.07, 6.45) is 0. The maximum absolute atomic E-state index is 12.3. The van der Waals surface area contributed by atoms with Crippen molar-refractivity contribution < 1.29 is 4.79 Å². The molecule has 20 heavy (non-hydrogen) atoms. The number of thiophene rings is 1. The van der Waals surface area contributed by atoms with E-state index >= 15 is 0 Å². The number of aryl methyl sites for hydroxylation is 1. The van der Waals surface area contributed by atoms with E-state index in [9.17, 15) is 4.79 Å². The Morgan fingerprint density at radius 3 is 2.90 bits per heavy atom. The number of benzene rings is 1. The Morgan fingerprint density at radius 1 is 1.45 bits per heavy atom. The summed E-state index contributed by atoms with van der Waals surface area (Å²) in [7, 11) is 0. The van der Waals surface area contributed by atoms with Gasteiger partial charge in [0.15, 0.2) is 5.13 Å². The number of carbonyl (C=O) groups is 1. The van der Waals surface area contributed by atoms with Crippen molar-refractivity contribution in [3.05, 3.63) is 38.6 Å². The summed E-state index contributed by atoms with van der Waals surface area (Å²) in [5.41, 5.74) is 7.49. The van der Waals surface area contributed by atoms with Gasteiger partial charge in [-0.25, -0.2) is 4.98 Å². The highest BCUT2D eigenvalue weighted by molar-refractivity contribution is 9.10. The third kappa shape index (κ3) is 2.32. The van der Waals surface area contributed by atoms with Gasteiger partial charge in [0.2, 0.25) is 0 Å². The average molecular weight is 368 g/mol. The van der Waals surface area contributed by atoms with Crippen molar-refractivity contribution in [2.24, 2.45) is 0 Å². The summed E-state index contributed by atoms with van der Waals surface area (Å²) >= 11 is 6.25. The van der Waals surface area contributed by atoms with Crippen LogP contribution in [0.15, 0.2) is 28.1 Å². The number of nitrogens with one attached hydrogen (secondary N) is 1. The lowest BCUT2D eigenvalue weighted by molar-refractivity contribution is 0.103. The predicted octanol–water partition coefficient (Wildman–Crippen LogP) is 4.26. The molecular formula is C13H10BrN3OS2. The average Bonchev–Trinajstić information content (AvgIpc) is 2.95. The molecule has 0 aliphatic rings. The van der Waals surface area contributed by atoms with Crippen LogP contribution in [0.3, 0.4) is 0 Å². The topological polar surface area (TPSA) is 68.0 Å². The van der Waals surface area contributed by atoms with Crippen LogP contribution in [0.1, 0.15) is 15.4 Å². The van der Waals surface area contributed by atoms with Gasteiger partial charge in [-0.1, -0.05) is 22.0 Å². The number of nitrogens with zero attached hydrogens (tertiary/aromatic N) is 1. The molecule has 0 bridgehead atoms. The first-order valence-corrected chi connectivity index (χ1v) is 8.25. The summed E-state index contributed by atoms with van der Waals surface area (Å²) in [6, 6.07) is 5.79. The molecule has 2 aromatic heterocycles. The van der Waals surface area contributed by atoms with Crippen LogP contribution < -0.4 is 11.1 Å². The standard InChI is InChI=1S/C13H10BrN3OS2/c1-6-5-19-13(16-6)17-12(18)11-10(15)9-7(14)3-2-4-8(9)20-11/h2-5H,15H2,1H3,(H,16,17,18). The maximum Gasteiger partial charge on any atom is 0.269 e. The molecule has 4 nitrogen and oxygen atoms in total. The van der Waals surface area contributed by atoms with Gasteiger partial charge in [0.1, 0.15) is 4.88 Å². The molecule has 0 spiro atoms. The van der Waals surface area contributed by atoms with Gasteiger partial charge >= 0.3 is 0 Å². The van der Waals surface area contributed by atoms with E-state index in [4.69, 9.17) is 5.73 Å². The van der Waals surface area contributed by atoms with Gasteiger partial charge in [-0.3, -0.25) is 10.1 Å². The largest absolute Gasteiger partial charge is 0.397 e. The van der Waals surface area contributed by atoms with Crippen molar-refractivity contribution in [2.75, 3.05) is 11.1 Å². The van der Waals surface area contributed by atoms with Crippen molar-refractivity contribution >= 4 is 65.4 Å². The number of aromatic nitrogens is 1. The predicted molar refractivity (Wildman–Crippen MR) is 88.7 cm³/mol.